The molecule has 2 amide bonds. The first-order valence-corrected chi connectivity index (χ1v) is 9.55. The van der Waals surface area contributed by atoms with Crippen molar-refractivity contribution >= 4 is 23.2 Å². The van der Waals surface area contributed by atoms with Crippen LogP contribution in [-0.2, 0) is 16.1 Å². The molecule has 0 spiro atoms. The number of hydrogen-bond acceptors (Lipinski definition) is 4. The van der Waals surface area contributed by atoms with Crippen LogP contribution in [-0.4, -0.2) is 34.0 Å². The molecule has 1 aromatic carbocycles. The van der Waals surface area contributed by atoms with Gasteiger partial charge in [-0.3, -0.25) is 9.59 Å². The monoisotopic (exact) mass is 367 g/mol. The van der Waals surface area contributed by atoms with Crippen molar-refractivity contribution in [2.75, 3.05) is 17.2 Å². The second kappa shape index (κ2) is 7.92. The molecule has 2 aromatic rings. The summed E-state index contributed by atoms with van der Waals surface area (Å²) in [5.74, 6) is 0.705. The molecule has 1 aromatic heterocycles. The first-order valence-electron chi connectivity index (χ1n) is 9.55. The van der Waals surface area contributed by atoms with Gasteiger partial charge in [0.25, 0.3) is 0 Å². The van der Waals surface area contributed by atoms with E-state index in [-0.39, 0.29) is 17.7 Å². The predicted molar refractivity (Wildman–Crippen MR) is 103 cm³/mol. The summed E-state index contributed by atoms with van der Waals surface area (Å²) in [6.45, 7) is 1.62. The van der Waals surface area contributed by atoms with E-state index >= 15 is 0 Å². The van der Waals surface area contributed by atoms with Gasteiger partial charge in [0.15, 0.2) is 0 Å². The van der Waals surface area contributed by atoms with E-state index in [2.05, 4.69) is 20.9 Å². The molecule has 2 fully saturated rings. The van der Waals surface area contributed by atoms with Crippen molar-refractivity contribution in [3.63, 3.8) is 0 Å². The summed E-state index contributed by atoms with van der Waals surface area (Å²) in [5, 5.41) is 9.39. The zero-order valence-electron chi connectivity index (χ0n) is 15.2. The third-order valence-electron chi connectivity index (χ3n) is 5.44. The fraction of sp³-hybridized carbons (Fsp3) is 0.450. The molecule has 27 heavy (non-hydrogen) atoms. The van der Waals surface area contributed by atoms with Gasteiger partial charge in [0, 0.05) is 48.7 Å². The van der Waals surface area contributed by atoms with Crippen LogP contribution in [0.1, 0.15) is 25.7 Å². The summed E-state index contributed by atoms with van der Waals surface area (Å²) in [5.41, 5.74) is 1.41. The Kier molecular flexibility index (Phi) is 5.20. The number of fused-ring (bicyclic) bond motifs is 2. The number of rotatable bonds is 6. The zero-order chi connectivity index (χ0) is 18.6. The van der Waals surface area contributed by atoms with E-state index in [1.54, 1.807) is 12.5 Å². The first-order chi connectivity index (χ1) is 13.2. The number of carbonyl (C=O) groups excluding carboxylic acids is 2. The summed E-state index contributed by atoms with van der Waals surface area (Å²) in [4.78, 5) is 28.7. The maximum Gasteiger partial charge on any atom is 0.227 e. The number of anilines is 2. The van der Waals surface area contributed by atoms with Crippen LogP contribution in [0, 0.1) is 11.8 Å². The minimum Gasteiger partial charge on any atom is -0.337 e. The Labute approximate surface area is 158 Å². The largest absolute Gasteiger partial charge is 0.337 e. The first kappa shape index (κ1) is 17.7. The molecule has 1 aliphatic carbocycles. The van der Waals surface area contributed by atoms with Gasteiger partial charge in [0.2, 0.25) is 11.8 Å². The minimum absolute atomic E-state index is 0.0668. The molecule has 142 valence electrons. The van der Waals surface area contributed by atoms with Gasteiger partial charge in [0.05, 0.1) is 6.33 Å². The SMILES string of the molecule is O=C(CCn1ccnc1)Nc1cccc(NC(=O)[C@@H]2C[C@H]3CN[C@H](C3)C2)c1. The van der Waals surface area contributed by atoms with Crippen molar-refractivity contribution < 1.29 is 9.59 Å². The molecule has 7 nitrogen and oxygen atoms in total. The standard InChI is InChI=1S/C20H25N5O2/c26-19(4-6-25-7-5-21-13-25)23-16-2-1-3-17(11-16)24-20(27)15-8-14-9-18(10-15)22-12-14/h1-3,5,7,11,13-15,18,22H,4,6,8-10,12H2,(H,23,26)(H,24,27)/t14-,15-,18-/m1/s1. The van der Waals surface area contributed by atoms with Gasteiger partial charge < -0.3 is 20.5 Å². The molecule has 0 radical (unpaired) electrons. The average molecular weight is 367 g/mol. The molecule has 2 heterocycles. The van der Waals surface area contributed by atoms with Gasteiger partial charge in [-0.2, -0.15) is 0 Å². The van der Waals surface area contributed by atoms with Crippen molar-refractivity contribution in [2.24, 2.45) is 11.8 Å². The molecule has 0 unspecified atom stereocenters. The van der Waals surface area contributed by atoms with Gasteiger partial charge in [-0.25, -0.2) is 4.98 Å². The van der Waals surface area contributed by atoms with E-state index in [9.17, 15) is 9.59 Å². The van der Waals surface area contributed by atoms with Gasteiger partial charge in [0.1, 0.15) is 0 Å². The van der Waals surface area contributed by atoms with Crippen molar-refractivity contribution in [1.82, 2.24) is 14.9 Å². The fourth-order valence-electron chi connectivity index (χ4n) is 4.11. The van der Waals surface area contributed by atoms with Crippen LogP contribution in [0.25, 0.3) is 0 Å². The number of amides is 2. The summed E-state index contributed by atoms with van der Waals surface area (Å²) >= 11 is 0. The number of carbonyl (C=O) groups is 2. The molecule has 4 rings (SSSR count). The van der Waals surface area contributed by atoms with E-state index in [1.807, 2.05) is 35.0 Å². The lowest BCUT2D eigenvalue weighted by Crippen LogP contribution is -2.32. The van der Waals surface area contributed by atoms with Crippen molar-refractivity contribution in [3.05, 3.63) is 43.0 Å². The summed E-state index contributed by atoms with van der Waals surface area (Å²) < 4.78 is 1.86. The Balaban J connectivity index is 1.30. The lowest BCUT2D eigenvalue weighted by atomic mass is 9.81. The van der Waals surface area contributed by atoms with Crippen LogP contribution < -0.4 is 16.0 Å². The molecule has 1 saturated carbocycles. The molecule has 1 saturated heterocycles. The number of nitrogens with zero attached hydrogens (tertiary/aromatic N) is 2. The Morgan fingerprint density at radius 2 is 2.04 bits per heavy atom. The van der Waals surface area contributed by atoms with E-state index in [0.717, 1.165) is 25.1 Å². The number of imidazole rings is 1. The number of benzene rings is 1. The topological polar surface area (TPSA) is 88.1 Å². The van der Waals surface area contributed by atoms with E-state index in [0.29, 0.717) is 30.6 Å². The average Bonchev–Trinajstić information content (AvgIpc) is 3.29. The molecule has 3 atom stereocenters. The highest BCUT2D eigenvalue weighted by atomic mass is 16.2. The third kappa shape index (κ3) is 4.54. The Bertz CT molecular complexity index is 792. The summed E-state index contributed by atoms with van der Waals surface area (Å²) in [6.07, 6.45) is 8.65. The van der Waals surface area contributed by atoms with E-state index < -0.39 is 0 Å². The molecular formula is C20H25N5O2. The highest BCUT2D eigenvalue weighted by Gasteiger charge is 2.36. The second-order valence-electron chi connectivity index (χ2n) is 7.54. The molecule has 7 heteroatoms. The molecule has 3 N–H and O–H groups in total. The number of aryl methyl sites for hydroxylation is 1. The lowest BCUT2D eigenvalue weighted by molar-refractivity contribution is -0.121. The molecule has 2 bridgehead atoms. The smallest absolute Gasteiger partial charge is 0.227 e. The molecule has 1 aliphatic heterocycles. The number of aromatic nitrogens is 2. The van der Waals surface area contributed by atoms with Gasteiger partial charge in [-0.15, -0.1) is 0 Å². The Hall–Kier alpha value is -2.67. The van der Waals surface area contributed by atoms with Crippen LogP contribution in [0.15, 0.2) is 43.0 Å². The Morgan fingerprint density at radius 1 is 1.19 bits per heavy atom. The van der Waals surface area contributed by atoms with Crippen LogP contribution >= 0.6 is 0 Å². The maximum atomic E-state index is 12.6. The normalized spacial score (nSPS) is 23.8. The zero-order valence-corrected chi connectivity index (χ0v) is 15.2. The highest BCUT2D eigenvalue weighted by Crippen LogP contribution is 2.34. The number of hydrogen-bond donors (Lipinski definition) is 3. The van der Waals surface area contributed by atoms with Gasteiger partial charge >= 0.3 is 0 Å². The highest BCUT2D eigenvalue weighted by molar-refractivity contribution is 5.95. The van der Waals surface area contributed by atoms with Gasteiger partial charge in [-0.1, -0.05) is 6.07 Å². The van der Waals surface area contributed by atoms with Crippen molar-refractivity contribution in [2.45, 2.75) is 38.3 Å². The third-order valence-corrected chi connectivity index (χ3v) is 5.44. The van der Waals surface area contributed by atoms with Crippen LogP contribution in [0.2, 0.25) is 0 Å². The van der Waals surface area contributed by atoms with E-state index in [4.69, 9.17) is 0 Å². The molecular weight excluding hydrogens is 342 g/mol. The Morgan fingerprint density at radius 3 is 2.81 bits per heavy atom. The number of nitrogens with one attached hydrogen (secondary N) is 3. The summed E-state index contributed by atoms with van der Waals surface area (Å²) in [7, 11) is 0. The van der Waals surface area contributed by atoms with Crippen molar-refractivity contribution in [3.8, 4) is 0 Å². The van der Waals surface area contributed by atoms with Gasteiger partial charge in [-0.05, 0) is 49.9 Å². The van der Waals surface area contributed by atoms with Crippen LogP contribution in [0.4, 0.5) is 11.4 Å². The predicted octanol–water partition coefficient (Wildman–Crippen LogP) is 2.24. The quantitative estimate of drug-likeness (QED) is 0.731. The van der Waals surface area contributed by atoms with Crippen LogP contribution in [0.5, 0.6) is 0 Å². The fourth-order valence-corrected chi connectivity index (χ4v) is 4.11. The minimum atomic E-state index is -0.0675. The summed E-state index contributed by atoms with van der Waals surface area (Å²) in [6, 6.07) is 7.82. The van der Waals surface area contributed by atoms with Crippen molar-refractivity contribution in [1.29, 1.82) is 0 Å². The van der Waals surface area contributed by atoms with Crippen LogP contribution in [0.3, 0.4) is 0 Å². The maximum absolute atomic E-state index is 12.6. The lowest BCUT2D eigenvalue weighted by Gasteiger charge is -2.26. The molecule has 2 aliphatic rings. The second-order valence-corrected chi connectivity index (χ2v) is 7.54. The van der Waals surface area contributed by atoms with E-state index in [1.165, 1.54) is 6.42 Å².